The van der Waals surface area contributed by atoms with Gasteiger partial charge < -0.3 is 4.74 Å². The largest absolute Gasteiger partial charge is 0.481 e. The van der Waals surface area contributed by atoms with Crippen molar-refractivity contribution in [1.29, 1.82) is 0 Å². The Balaban J connectivity index is 2.05. The van der Waals surface area contributed by atoms with Gasteiger partial charge in [-0.25, -0.2) is 5.43 Å². The van der Waals surface area contributed by atoms with E-state index in [1.165, 1.54) is 18.4 Å². The highest BCUT2D eigenvalue weighted by molar-refractivity contribution is 5.74. The molecule has 0 aromatic carbocycles. The summed E-state index contributed by atoms with van der Waals surface area (Å²) in [6, 6.07) is 0. The first kappa shape index (κ1) is 15.7. The van der Waals surface area contributed by atoms with Crippen molar-refractivity contribution in [2.45, 2.75) is 13.1 Å². The molecule has 9 nitrogen and oxygen atoms in total. The van der Waals surface area contributed by atoms with E-state index < -0.39 is 11.7 Å². The van der Waals surface area contributed by atoms with E-state index in [1.807, 2.05) is 0 Å². The topological polar surface area (TPSA) is 95.2 Å². The molecule has 1 aliphatic rings. The van der Waals surface area contributed by atoms with Gasteiger partial charge >= 0.3 is 11.9 Å². The Labute approximate surface area is 133 Å². The number of allylic oxidation sites excluding steroid dienone is 1. The zero-order chi connectivity index (χ0) is 17.3. The molecule has 0 aliphatic carbocycles. The average molecular weight is 341 g/mol. The molecule has 0 radical (unpaired) electrons. The smallest absolute Gasteiger partial charge is 0.423 e. The maximum Gasteiger partial charge on any atom is 0.423 e. The number of anilines is 1. The molecule has 0 bridgehead atoms. The molecule has 0 amide bonds. The summed E-state index contributed by atoms with van der Waals surface area (Å²) in [5.41, 5.74) is 2.56. The summed E-state index contributed by atoms with van der Waals surface area (Å²) in [7, 11) is 1.45. The van der Waals surface area contributed by atoms with Crippen molar-refractivity contribution in [3.8, 4) is 5.69 Å². The standard InChI is InChI=1S/C12H11F3N8O/c1-7-10(22-6-8(5-17-22)12(13,14)15)11(19-21-18-7)23-16-4-3-9(20-23)24-2/h3-6H,1-2H3,(H,16,20)/p+1. The molecular weight excluding hydrogens is 329 g/mol. The van der Waals surface area contributed by atoms with Crippen molar-refractivity contribution in [3.63, 3.8) is 0 Å². The maximum absolute atomic E-state index is 12.8. The zero-order valence-electron chi connectivity index (χ0n) is 12.5. The monoisotopic (exact) mass is 341 g/mol. The number of aryl methyl sites for hydroxylation is 1. The lowest BCUT2D eigenvalue weighted by atomic mass is 10.3. The number of halogens is 3. The number of alkyl halides is 3. The van der Waals surface area contributed by atoms with E-state index in [0.717, 1.165) is 17.1 Å². The number of rotatable bonds is 3. The van der Waals surface area contributed by atoms with Gasteiger partial charge in [0.2, 0.25) is 12.1 Å². The van der Waals surface area contributed by atoms with Gasteiger partial charge in [-0.15, -0.1) is 15.3 Å². The fourth-order valence-corrected chi connectivity index (χ4v) is 2.01. The summed E-state index contributed by atoms with van der Waals surface area (Å²) in [5.74, 6) is 0.515. The van der Waals surface area contributed by atoms with Crippen LogP contribution in [-0.2, 0) is 10.9 Å². The predicted octanol–water partition coefficient (Wildman–Crippen LogP) is 0.602. The Morgan fingerprint density at radius 2 is 2.08 bits per heavy atom. The summed E-state index contributed by atoms with van der Waals surface area (Å²) in [5, 5.41) is 19.0. The minimum Gasteiger partial charge on any atom is -0.481 e. The normalized spacial score (nSPS) is 14.4. The highest BCUT2D eigenvalue weighted by Gasteiger charge is 2.37. The average Bonchev–Trinajstić information content (AvgIpc) is 3.04. The minimum absolute atomic E-state index is 0.141. The molecule has 2 aromatic heterocycles. The van der Waals surface area contributed by atoms with Crippen LogP contribution in [-0.4, -0.2) is 33.8 Å². The first-order valence-electron chi connectivity index (χ1n) is 6.63. The van der Waals surface area contributed by atoms with Crippen molar-refractivity contribution in [3.05, 3.63) is 35.6 Å². The highest BCUT2D eigenvalue weighted by atomic mass is 19.4. The third kappa shape index (κ3) is 2.85. The van der Waals surface area contributed by atoms with Crippen molar-refractivity contribution >= 4 is 12.0 Å². The third-order valence-corrected chi connectivity index (χ3v) is 3.13. The van der Waals surface area contributed by atoms with E-state index in [-0.39, 0.29) is 11.5 Å². The van der Waals surface area contributed by atoms with E-state index in [9.17, 15) is 13.2 Å². The van der Waals surface area contributed by atoms with Crippen LogP contribution < -0.4 is 15.2 Å². The SMILES string of the molecule is COC1=CC=NN(c2nnnc(C)c2-[n+]2cc(C(F)(F)F)c[nH]2)N1. The molecule has 0 atom stereocenters. The number of aromatic amines is 1. The first-order valence-corrected chi connectivity index (χ1v) is 6.63. The summed E-state index contributed by atoms with van der Waals surface area (Å²) < 4.78 is 44.7. The van der Waals surface area contributed by atoms with E-state index >= 15 is 0 Å². The molecule has 0 spiro atoms. The van der Waals surface area contributed by atoms with Crippen molar-refractivity contribution < 1.29 is 22.6 Å². The second kappa shape index (κ2) is 5.79. The number of aromatic nitrogens is 5. The second-order valence-electron chi connectivity index (χ2n) is 4.70. The van der Waals surface area contributed by atoms with Crippen LogP contribution >= 0.6 is 0 Å². The van der Waals surface area contributed by atoms with Gasteiger partial charge in [-0.3, -0.25) is 0 Å². The molecule has 0 fully saturated rings. The Morgan fingerprint density at radius 3 is 2.75 bits per heavy atom. The number of nitrogens with zero attached hydrogens (tertiary/aromatic N) is 6. The molecule has 1 aliphatic heterocycles. The number of ether oxygens (including phenoxy) is 1. The molecule has 0 saturated carbocycles. The van der Waals surface area contributed by atoms with Gasteiger partial charge in [0.25, 0.3) is 5.82 Å². The van der Waals surface area contributed by atoms with Gasteiger partial charge in [0.15, 0.2) is 0 Å². The summed E-state index contributed by atoms with van der Waals surface area (Å²) in [6.07, 6.45) is 0.280. The molecule has 3 heterocycles. The number of methoxy groups -OCH3 is 1. The van der Waals surface area contributed by atoms with Crippen molar-refractivity contribution in [1.82, 2.24) is 25.9 Å². The quantitative estimate of drug-likeness (QED) is 0.794. The van der Waals surface area contributed by atoms with Gasteiger partial charge in [0, 0.05) is 6.08 Å². The van der Waals surface area contributed by atoms with Crippen molar-refractivity contribution in [2.75, 3.05) is 12.2 Å². The molecule has 2 aromatic rings. The second-order valence-corrected chi connectivity index (χ2v) is 4.70. The van der Waals surface area contributed by atoms with Gasteiger partial charge in [-0.05, 0) is 12.1 Å². The van der Waals surface area contributed by atoms with E-state index in [2.05, 4.69) is 31.0 Å². The lowest BCUT2D eigenvalue weighted by Crippen LogP contribution is -2.42. The lowest BCUT2D eigenvalue weighted by molar-refractivity contribution is -0.655. The van der Waals surface area contributed by atoms with Gasteiger partial charge in [-0.2, -0.15) is 23.4 Å². The fraction of sp³-hybridized carbons (Fsp3) is 0.250. The molecule has 12 heteroatoms. The number of hydrogen-bond donors (Lipinski definition) is 2. The number of hydrazine groups is 1. The lowest BCUT2D eigenvalue weighted by Gasteiger charge is -2.22. The van der Waals surface area contributed by atoms with Crippen LogP contribution in [0.25, 0.3) is 5.69 Å². The van der Waals surface area contributed by atoms with Crippen LogP contribution in [0.5, 0.6) is 0 Å². The molecular formula is C12H12F3N8O+. The number of H-pyrrole nitrogens is 1. The summed E-state index contributed by atoms with van der Waals surface area (Å²) >= 11 is 0. The van der Waals surface area contributed by atoms with E-state index in [0.29, 0.717) is 11.6 Å². The van der Waals surface area contributed by atoms with Crippen LogP contribution in [0.2, 0.25) is 0 Å². The Kier molecular flexibility index (Phi) is 3.79. The van der Waals surface area contributed by atoms with Crippen LogP contribution in [0, 0.1) is 6.92 Å². The molecule has 2 N–H and O–H groups in total. The number of nitrogens with one attached hydrogen (secondary N) is 2. The minimum atomic E-state index is -4.48. The van der Waals surface area contributed by atoms with Gasteiger partial charge in [0.1, 0.15) is 11.3 Å². The molecule has 24 heavy (non-hydrogen) atoms. The maximum atomic E-state index is 12.8. The highest BCUT2D eigenvalue weighted by Crippen LogP contribution is 2.28. The fourth-order valence-electron chi connectivity index (χ4n) is 2.01. The molecule has 126 valence electrons. The molecule has 0 unspecified atom stereocenters. The van der Waals surface area contributed by atoms with Gasteiger partial charge in [-0.1, -0.05) is 4.68 Å². The number of hydrazone groups is 1. The van der Waals surface area contributed by atoms with Crippen LogP contribution in [0.3, 0.4) is 0 Å². The van der Waals surface area contributed by atoms with Crippen LogP contribution in [0.4, 0.5) is 19.0 Å². The summed E-state index contributed by atoms with van der Waals surface area (Å²) in [6.45, 7) is 1.59. The van der Waals surface area contributed by atoms with E-state index in [4.69, 9.17) is 4.74 Å². The first-order chi connectivity index (χ1) is 11.4. The molecule has 3 rings (SSSR count). The third-order valence-electron chi connectivity index (χ3n) is 3.13. The summed E-state index contributed by atoms with van der Waals surface area (Å²) in [4.78, 5) is 0. The van der Waals surface area contributed by atoms with Crippen LogP contribution in [0.1, 0.15) is 11.3 Å². The van der Waals surface area contributed by atoms with E-state index in [1.54, 1.807) is 13.0 Å². The van der Waals surface area contributed by atoms with Crippen LogP contribution in [0.15, 0.2) is 29.5 Å². The Hall–Kier alpha value is -3.18. The molecule has 0 saturated heterocycles. The Bertz CT molecular complexity index is 813. The Morgan fingerprint density at radius 1 is 1.29 bits per heavy atom. The predicted molar refractivity (Wildman–Crippen MR) is 74.6 cm³/mol. The van der Waals surface area contributed by atoms with Crippen molar-refractivity contribution in [2.24, 2.45) is 5.10 Å². The number of hydrogen-bond acceptors (Lipinski definition) is 7. The zero-order valence-corrected chi connectivity index (χ0v) is 12.5. The van der Waals surface area contributed by atoms with Gasteiger partial charge in [0.05, 0.1) is 19.5 Å².